The van der Waals surface area contributed by atoms with E-state index < -0.39 is 5.54 Å². The fraction of sp³-hybridized carbons (Fsp3) is 0.833. The second kappa shape index (κ2) is 7.99. The van der Waals surface area contributed by atoms with Crippen molar-refractivity contribution in [3.05, 3.63) is 0 Å². The van der Waals surface area contributed by atoms with E-state index in [0.29, 0.717) is 25.3 Å². The number of urea groups is 1. The van der Waals surface area contributed by atoms with Crippen LogP contribution in [0, 0.1) is 5.92 Å². The van der Waals surface area contributed by atoms with Crippen molar-refractivity contribution in [2.24, 2.45) is 5.92 Å². The molecule has 2 fully saturated rings. The van der Waals surface area contributed by atoms with E-state index in [1.807, 2.05) is 6.92 Å². The van der Waals surface area contributed by atoms with Crippen molar-refractivity contribution in [1.82, 2.24) is 15.5 Å². The number of carbonyl (C=O) groups excluding carboxylic acids is 3. The van der Waals surface area contributed by atoms with Crippen molar-refractivity contribution in [1.29, 1.82) is 0 Å². The Morgan fingerprint density at radius 1 is 1.21 bits per heavy atom. The third kappa shape index (κ3) is 4.48. The Labute approximate surface area is 144 Å². The van der Waals surface area contributed by atoms with Crippen molar-refractivity contribution in [3.8, 4) is 0 Å². The monoisotopic (exact) mass is 337 g/mol. The molecule has 2 aliphatic rings. The summed E-state index contributed by atoms with van der Waals surface area (Å²) < 4.78 is 0. The summed E-state index contributed by atoms with van der Waals surface area (Å²) in [5, 5.41) is 5.85. The van der Waals surface area contributed by atoms with Gasteiger partial charge in [0.2, 0.25) is 5.91 Å². The maximum absolute atomic E-state index is 12.5. The standard InChI is InChI=1S/C18H31N3O3/c1-13(2)8-9-14(3)19-15(22)7-6-12-21-16(23)18(20-17(21)24)10-4-5-11-18/h13-14H,4-12H2,1-3H3,(H,19,22)(H,20,24). The van der Waals surface area contributed by atoms with E-state index in [-0.39, 0.29) is 23.9 Å². The van der Waals surface area contributed by atoms with Crippen LogP contribution in [0.1, 0.15) is 72.1 Å². The summed E-state index contributed by atoms with van der Waals surface area (Å²) in [5.74, 6) is 0.525. The molecule has 0 radical (unpaired) electrons. The lowest BCUT2D eigenvalue weighted by Gasteiger charge is -2.20. The van der Waals surface area contributed by atoms with Crippen molar-refractivity contribution in [2.45, 2.75) is 83.7 Å². The summed E-state index contributed by atoms with van der Waals surface area (Å²) in [4.78, 5) is 37.8. The molecule has 2 rings (SSSR count). The van der Waals surface area contributed by atoms with E-state index >= 15 is 0 Å². The second-order valence-corrected chi connectivity index (χ2v) is 7.72. The van der Waals surface area contributed by atoms with Gasteiger partial charge >= 0.3 is 6.03 Å². The van der Waals surface area contributed by atoms with E-state index in [1.54, 1.807) is 0 Å². The number of rotatable bonds is 8. The molecule has 1 unspecified atom stereocenters. The molecule has 1 heterocycles. The third-order valence-corrected chi connectivity index (χ3v) is 5.07. The first-order valence-corrected chi connectivity index (χ1v) is 9.27. The molecule has 1 aliphatic heterocycles. The highest BCUT2D eigenvalue weighted by atomic mass is 16.2. The first-order valence-electron chi connectivity index (χ1n) is 9.27. The van der Waals surface area contributed by atoms with Gasteiger partial charge in [-0.2, -0.15) is 0 Å². The molecule has 0 bridgehead atoms. The molecule has 1 saturated carbocycles. The lowest BCUT2D eigenvalue weighted by atomic mass is 9.98. The van der Waals surface area contributed by atoms with Crippen LogP contribution in [0.25, 0.3) is 0 Å². The van der Waals surface area contributed by atoms with Crippen LogP contribution in [0.3, 0.4) is 0 Å². The fourth-order valence-corrected chi connectivity index (χ4v) is 3.60. The number of amides is 4. The lowest BCUT2D eigenvalue weighted by molar-refractivity contribution is -0.131. The molecule has 1 saturated heterocycles. The molecule has 6 nitrogen and oxygen atoms in total. The van der Waals surface area contributed by atoms with Crippen molar-refractivity contribution in [3.63, 3.8) is 0 Å². The Hall–Kier alpha value is -1.59. The number of nitrogens with one attached hydrogen (secondary N) is 2. The van der Waals surface area contributed by atoms with E-state index in [9.17, 15) is 14.4 Å². The first-order chi connectivity index (χ1) is 11.3. The Bertz CT molecular complexity index is 484. The summed E-state index contributed by atoms with van der Waals surface area (Å²) in [6, 6.07) is -0.133. The van der Waals surface area contributed by atoms with Crippen LogP contribution in [0.5, 0.6) is 0 Å². The van der Waals surface area contributed by atoms with Crippen molar-refractivity contribution >= 4 is 17.8 Å². The maximum atomic E-state index is 12.5. The van der Waals surface area contributed by atoms with E-state index in [1.165, 1.54) is 4.90 Å². The smallest absolute Gasteiger partial charge is 0.325 e. The molecule has 0 aromatic heterocycles. The zero-order chi connectivity index (χ0) is 17.7. The molecule has 1 atom stereocenters. The van der Waals surface area contributed by atoms with E-state index in [4.69, 9.17) is 0 Å². The number of nitrogens with zero attached hydrogens (tertiary/aromatic N) is 1. The summed E-state index contributed by atoms with van der Waals surface area (Å²) in [6.45, 7) is 6.68. The minimum atomic E-state index is -0.648. The Morgan fingerprint density at radius 3 is 2.50 bits per heavy atom. The van der Waals surface area contributed by atoms with Gasteiger partial charge in [-0.25, -0.2) is 4.79 Å². The van der Waals surface area contributed by atoms with Gasteiger partial charge < -0.3 is 10.6 Å². The van der Waals surface area contributed by atoms with Crippen molar-refractivity contribution < 1.29 is 14.4 Å². The molecular formula is C18H31N3O3. The number of carbonyl (C=O) groups is 3. The molecular weight excluding hydrogens is 306 g/mol. The summed E-state index contributed by atoms with van der Waals surface area (Å²) >= 11 is 0. The van der Waals surface area contributed by atoms with Crippen LogP contribution in [0.2, 0.25) is 0 Å². The number of hydrogen-bond acceptors (Lipinski definition) is 3. The van der Waals surface area contributed by atoms with Gasteiger partial charge in [-0.15, -0.1) is 0 Å². The zero-order valence-corrected chi connectivity index (χ0v) is 15.2. The second-order valence-electron chi connectivity index (χ2n) is 7.72. The predicted molar refractivity (Wildman–Crippen MR) is 92.4 cm³/mol. The van der Waals surface area contributed by atoms with Gasteiger partial charge in [-0.05, 0) is 44.9 Å². The Morgan fingerprint density at radius 2 is 1.88 bits per heavy atom. The van der Waals surface area contributed by atoms with Gasteiger partial charge in [-0.3, -0.25) is 14.5 Å². The molecule has 6 heteroatoms. The third-order valence-electron chi connectivity index (χ3n) is 5.07. The summed E-state index contributed by atoms with van der Waals surface area (Å²) in [6.07, 6.45) is 6.36. The minimum absolute atomic E-state index is 0.00566. The van der Waals surface area contributed by atoms with Gasteiger partial charge in [0, 0.05) is 19.0 Å². The highest BCUT2D eigenvalue weighted by Gasteiger charge is 2.51. The summed E-state index contributed by atoms with van der Waals surface area (Å²) in [7, 11) is 0. The highest BCUT2D eigenvalue weighted by molar-refractivity contribution is 6.07. The molecule has 0 aromatic carbocycles. The number of hydrogen-bond donors (Lipinski definition) is 2. The SMILES string of the molecule is CC(C)CCC(C)NC(=O)CCCN1C(=O)NC2(CCCC2)C1=O. The molecule has 2 N–H and O–H groups in total. The molecule has 136 valence electrons. The highest BCUT2D eigenvalue weighted by Crippen LogP contribution is 2.35. The Kier molecular flexibility index (Phi) is 6.24. The summed E-state index contributed by atoms with van der Waals surface area (Å²) in [5.41, 5.74) is -0.648. The first kappa shape index (κ1) is 18.7. The van der Waals surface area contributed by atoms with Gasteiger partial charge in [0.25, 0.3) is 5.91 Å². The van der Waals surface area contributed by atoms with Gasteiger partial charge in [-0.1, -0.05) is 26.7 Å². The molecule has 4 amide bonds. The van der Waals surface area contributed by atoms with Gasteiger partial charge in [0.05, 0.1) is 0 Å². The predicted octanol–water partition coefficient (Wildman–Crippen LogP) is 2.57. The van der Waals surface area contributed by atoms with Crippen LogP contribution in [-0.2, 0) is 9.59 Å². The minimum Gasteiger partial charge on any atom is -0.354 e. The fourth-order valence-electron chi connectivity index (χ4n) is 3.60. The maximum Gasteiger partial charge on any atom is 0.325 e. The quantitative estimate of drug-likeness (QED) is 0.668. The van der Waals surface area contributed by atoms with Crippen LogP contribution in [0.15, 0.2) is 0 Å². The van der Waals surface area contributed by atoms with Gasteiger partial charge in [0.15, 0.2) is 0 Å². The van der Waals surface area contributed by atoms with E-state index in [0.717, 1.165) is 38.5 Å². The van der Waals surface area contributed by atoms with Crippen molar-refractivity contribution in [2.75, 3.05) is 6.54 Å². The Balaban J connectivity index is 1.71. The largest absolute Gasteiger partial charge is 0.354 e. The molecule has 0 aromatic rings. The average molecular weight is 337 g/mol. The molecule has 1 spiro atoms. The van der Waals surface area contributed by atoms with Crippen LogP contribution in [0.4, 0.5) is 4.79 Å². The van der Waals surface area contributed by atoms with Crippen LogP contribution < -0.4 is 10.6 Å². The molecule has 24 heavy (non-hydrogen) atoms. The van der Waals surface area contributed by atoms with Crippen LogP contribution in [-0.4, -0.2) is 40.9 Å². The van der Waals surface area contributed by atoms with Gasteiger partial charge in [0.1, 0.15) is 5.54 Å². The lowest BCUT2D eigenvalue weighted by Crippen LogP contribution is -2.44. The molecule has 1 aliphatic carbocycles. The van der Waals surface area contributed by atoms with E-state index in [2.05, 4.69) is 24.5 Å². The normalized spacial score (nSPS) is 20.8. The zero-order valence-electron chi connectivity index (χ0n) is 15.2. The number of imide groups is 1. The average Bonchev–Trinajstić information content (AvgIpc) is 3.06. The van der Waals surface area contributed by atoms with Crippen LogP contribution >= 0.6 is 0 Å². The topological polar surface area (TPSA) is 78.5 Å².